The van der Waals surface area contributed by atoms with Gasteiger partial charge in [0, 0.05) is 38.9 Å². The largest absolute Gasteiger partial charge is 0.375 e. The van der Waals surface area contributed by atoms with Crippen LogP contribution >= 0.6 is 0 Å². The van der Waals surface area contributed by atoms with Crippen LogP contribution in [0.5, 0.6) is 0 Å². The van der Waals surface area contributed by atoms with Crippen molar-refractivity contribution in [3.8, 4) is 0 Å². The van der Waals surface area contributed by atoms with Crippen LogP contribution in [0, 0.1) is 18.6 Å². The van der Waals surface area contributed by atoms with E-state index in [2.05, 4.69) is 15.3 Å². The van der Waals surface area contributed by atoms with Crippen LogP contribution in [0.3, 0.4) is 0 Å². The zero-order valence-corrected chi connectivity index (χ0v) is 15.6. The van der Waals surface area contributed by atoms with Crippen LogP contribution in [-0.2, 0) is 35.7 Å². The Bertz CT molecular complexity index is 822. The molecule has 0 fully saturated rings. The van der Waals surface area contributed by atoms with Crippen molar-refractivity contribution in [1.82, 2.24) is 20.0 Å². The van der Waals surface area contributed by atoms with Crippen LogP contribution in [0.2, 0.25) is 0 Å². The number of aryl methyl sites for hydroxylation is 2. The molecule has 0 aliphatic carbocycles. The fourth-order valence-corrected chi connectivity index (χ4v) is 3.23. The Balaban J connectivity index is 1.67. The number of carbonyl (C=O) groups excluding carboxylic acids is 1. The van der Waals surface area contributed by atoms with Crippen LogP contribution < -0.4 is 5.32 Å². The number of hydrogen-bond donors (Lipinski definition) is 1. The van der Waals surface area contributed by atoms with Gasteiger partial charge in [0.2, 0.25) is 5.91 Å². The third-order valence-electron chi connectivity index (χ3n) is 4.64. The second kappa shape index (κ2) is 8.58. The number of benzene rings is 1. The smallest absolute Gasteiger partial charge is 0.246 e. The molecule has 0 spiro atoms. The number of methoxy groups -OCH3 is 1. The molecule has 2 aromatic rings. The molecule has 8 heteroatoms. The minimum atomic E-state index is -0.776. The van der Waals surface area contributed by atoms with Gasteiger partial charge in [-0.3, -0.25) is 14.4 Å². The van der Waals surface area contributed by atoms with Gasteiger partial charge < -0.3 is 10.1 Å². The first-order valence-electron chi connectivity index (χ1n) is 8.95. The number of halogens is 2. The minimum absolute atomic E-state index is 0.0139. The van der Waals surface area contributed by atoms with E-state index in [1.54, 1.807) is 19.1 Å². The zero-order chi connectivity index (χ0) is 19.4. The molecule has 0 saturated carbocycles. The lowest BCUT2D eigenvalue weighted by Crippen LogP contribution is -2.26. The molecule has 6 nitrogen and oxygen atoms in total. The zero-order valence-electron chi connectivity index (χ0n) is 15.6. The fraction of sp³-hybridized carbons (Fsp3) is 0.474. The number of rotatable bonds is 6. The van der Waals surface area contributed by atoms with Crippen molar-refractivity contribution in [2.24, 2.45) is 0 Å². The first kappa shape index (κ1) is 19.4. The van der Waals surface area contributed by atoms with Gasteiger partial charge in [0.1, 0.15) is 6.61 Å². The lowest BCUT2D eigenvalue weighted by Gasteiger charge is -2.20. The van der Waals surface area contributed by atoms with Gasteiger partial charge in [0.05, 0.1) is 17.9 Å². The van der Waals surface area contributed by atoms with E-state index in [9.17, 15) is 13.6 Å². The van der Waals surface area contributed by atoms with Gasteiger partial charge in [-0.1, -0.05) is 12.1 Å². The van der Waals surface area contributed by atoms with E-state index in [-0.39, 0.29) is 12.5 Å². The standard InChI is InChI=1S/C19H24F2N4O2/c1-13-4-5-14(19(21)18(13)20)10-24-6-3-7-25-16(11-24)8-15(23-25)9-22-17(26)12-27-2/h4-5,8H,3,6-7,9-12H2,1-2H3,(H,22,26). The first-order chi connectivity index (χ1) is 13.0. The lowest BCUT2D eigenvalue weighted by molar-refractivity contribution is -0.124. The Hall–Kier alpha value is -2.32. The number of amides is 1. The second-order valence-electron chi connectivity index (χ2n) is 6.79. The number of nitrogens with one attached hydrogen (secondary N) is 1. The Labute approximate surface area is 157 Å². The molecular formula is C19H24F2N4O2. The second-order valence-corrected chi connectivity index (χ2v) is 6.79. The lowest BCUT2D eigenvalue weighted by atomic mass is 10.1. The van der Waals surface area contributed by atoms with Crippen molar-refractivity contribution < 1.29 is 18.3 Å². The van der Waals surface area contributed by atoms with Crippen molar-refractivity contribution >= 4 is 5.91 Å². The van der Waals surface area contributed by atoms with Gasteiger partial charge in [0.25, 0.3) is 0 Å². The van der Waals surface area contributed by atoms with E-state index in [0.717, 1.165) is 30.9 Å². The summed E-state index contributed by atoms with van der Waals surface area (Å²) >= 11 is 0. The molecule has 146 valence electrons. The average molecular weight is 378 g/mol. The Morgan fingerprint density at radius 1 is 1.30 bits per heavy atom. The van der Waals surface area contributed by atoms with Crippen molar-refractivity contribution in [3.63, 3.8) is 0 Å². The highest BCUT2D eigenvalue weighted by Gasteiger charge is 2.19. The predicted molar refractivity (Wildman–Crippen MR) is 95.8 cm³/mol. The molecule has 27 heavy (non-hydrogen) atoms. The van der Waals surface area contributed by atoms with E-state index in [4.69, 9.17) is 4.74 Å². The third-order valence-corrected chi connectivity index (χ3v) is 4.64. The number of carbonyl (C=O) groups is 1. The molecule has 0 atom stereocenters. The molecule has 3 rings (SSSR count). The SMILES string of the molecule is COCC(=O)NCc1cc2n(n1)CCCN(Cc1ccc(C)c(F)c1F)C2. The van der Waals surface area contributed by atoms with Gasteiger partial charge in [0.15, 0.2) is 11.6 Å². The van der Waals surface area contributed by atoms with E-state index in [1.807, 2.05) is 10.7 Å². The number of ether oxygens (including phenoxy) is 1. The monoisotopic (exact) mass is 378 g/mol. The molecule has 1 aliphatic rings. The predicted octanol–water partition coefficient (Wildman–Crippen LogP) is 2.14. The summed E-state index contributed by atoms with van der Waals surface area (Å²) < 4.78 is 34.7. The summed E-state index contributed by atoms with van der Waals surface area (Å²) in [6.45, 7) is 4.36. The summed E-state index contributed by atoms with van der Waals surface area (Å²) in [5.74, 6) is -1.74. The van der Waals surface area contributed by atoms with Gasteiger partial charge >= 0.3 is 0 Å². The fourth-order valence-electron chi connectivity index (χ4n) is 3.23. The van der Waals surface area contributed by atoms with Crippen molar-refractivity contribution in [2.75, 3.05) is 20.3 Å². The summed E-state index contributed by atoms with van der Waals surface area (Å²) in [5, 5.41) is 7.28. The average Bonchev–Trinajstić information content (AvgIpc) is 2.92. The maximum atomic E-state index is 14.2. The Kier molecular flexibility index (Phi) is 6.18. The third kappa shape index (κ3) is 4.70. The van der Waals surface area contributed by atoms with Crippen molar-refractivity contribution in [2.45, 2.75) is 39.5 Å². The van der Waals surface area contributed by atoms with Crippen molar-refractivity contribution in [1.29, 1.82) is 0 Å². The van der Waals surface area contributed by atoms with Crippen LogP contribution in [0.1, 0.15) is 28.9 Å². The maximum Gasteiger partial charge on any atom is 0.246 e. The summed E-state index contributed by atoms with van der Waals surface area (Å²) in [7, 11) is 1.47. The van der Waals surface area contributed by atoms with Gasteiger partial charge in [-0.25, -0.2) is 8.78 Å². The van der Waals surface area contributed by atoms with Gasteiger partial charge in [-0.2, -0.15) is 5.10 Å². The molecule has 1 aromatic heterocycles. The number of aromatic nitrogens is 2. The topological polar surface area (TPSA) is 59.4 Å². The number of hydrogen-bond acceptors (Lipinski definition) is 4. The Morgan fingerprint density at radius 3 is 2.89 bits per heavy atom. The Morgan fingerprint density at radius 2 is 2.11 bits per heavy atom. The molecule has 1 aromatic carbocycles. The number of fused-ring (bicyclic) bond motifs is 1. The molecule has 0 radical (unpaired) electrons. The van der Waals surface area contributed by atoms with E-state index < -0.39 is 11.6 Å². The van der Waals surface area contributed by atoms with Crippen molar-refractivity contribution in [3.05, 3.63) is 52.3 Å². The minimum Gasteiger partial charge on any atom is -0.375 e. The van der Waals surface area contributed by atoms with E-state index in [1.165, 1.54) is 7.11 Å². The molecule has 1 aliphatic heterocycles. The maximum absolute atomic E-state index is 14.2. The normalized spacial score (nSPS) is 14.7. The van der Waals surface area contributed by atoms with Gasteiger partial charge in [-0.15, -0.1) is 0 Å². The van der Waals surface area contributed by atoms with Crippen LogP contribution in [-0.4, -0.2) is 40.8 Å². The molecule has 0 unspecified atom stereocenters. The highest BCUT2D eigenvalue weighted by atomic mass is 19.2. The highest BCUT2D eigenvalue weighted by Crippen LogP contribution is 2.20. The van der Waals surface area contributed by atoms with E-state index in [0.29, 0.717) is 30.8 Å². The van der Waals surface area contributed by atoms with Crippen LogP contribution in [0.15, 0.2) is 18.2 Å². The quantitative estimate of drug-likeness (QED) is 0.837. The molecule has 2 heterocycles. The number of nitrogens with zero attached hydrogens (tertiary/aromatic N) is 3. The van der Waals surface area contributed by atoms with Gasteiger partial charge in [-0.05, 0) is 25.0 Å². The summed E-state index contributed by atoms with van der Waals surface area (Å²) in [6, 6.07) is 5.20. The molecule has 0 saturated heterocycles. The molecular weight excluding hydrogens is 354 g/mol. The summed E-state index contributed by atoms with van der Waals surface area (Å²) in [6.07, 6.45) is 0.861. The molecule has 1 N–H and O–H groups in total. The van der Waals surface area contributed by atoms with Crippen LogP contribution in [0.4, 0.5) is 8.78 Å². The molecule has 0 bridgehead atoms. The molecule has 1 amide bonds. The highest BCUT2D eigenvalue weighted by molar-refractivity contribution is 5.77. The van der Waals surface area contributed by atoms with Crippen LogP contribution in [0.25, 0.3) is 0 Å². The first-order valence-corrected chi connectivity index (χ1v) is 8.95. The summed E-state index contributed by atoms with van der Waals surface area (Å²) in [5.41, 5.74) is 2.43. The van der Waals surface area contributed by atoms with E-state index >= 15 is 0 Å². The summed E-state index contributed by atoms with van der Waals surface area (Å²) in [4.78, 5) is 13.6.